The summed E-state index contributed by atoms with van der Waals surface area (Å²) in [4.78, 5) is 12.4. The third kappa shape index (κ3) is 4.60. The molecule has 1 N–H and O–H groups in total. The minimum Gasteiger partial charge on any atom is -0.469 e. The lowest BCUT2D eigenvalue weighted by Crippen LogP contribution is -2.37. The summed E-state index contributed by atoms with van der Waals surface area (Å²) in [7, 11) is 0. The molecule has 1 amide bonds. The molecule has 28 heavy (non-hydrogen) atoms. The monoisotopic (exact) mass is 404 g/mol. The largest absolute Gasteiger partial charge is 0.469 e. The second-order valence-corrected chi connectivity index (χ2v) is 8.58. The van der Waals surface area contributed by atoms with E-state index in [4.69, 9.17) is 9.15 Å². The second kappa shape index (κ2) is 9.13. The van der Waals surface area contributed by atoms with Crippen LogP contribution in [0.3, 0.4) is 0 Å². The number of aromatic nitrogens is 3. The Bertz CT molecular complexity index is 791. The molecule has 2 aliphatic rings. The van der Waals surface area contributed by atoms with Gasteiger partial charge >= 0.3 is 0 Å². The third-order valence-corrected chi connectivity index (χ3v) is 6.50. The number of nitrogens with zero attached hydrogens (tertiary/aromatic N) is 3. The van der Waals surface area contributed by atoms with Gasteiger partial charge in [-0.05, 0) is 38.7 Å². The number of ether oxygens (including phenoxy) is 1. The van der Waals surface area contributed by atoms with Crippen molar-refractivity contribution in [2.75, 3.05) is 12.4 Å². The number of aryl methyl sites for hydroxylation is 1. The van der Waals surface area contributed by atoms with Crippen LogP contribution in [-0.2, 0) is 16.1 Å². The predicted octanol–water partition coefficient (Wildman–Crippen LogP) is 3.57. The Morgan fingerprint density at radius 3 is 2.82 bits per heavy atom. The lowest BCUT2D eigenvalue weighted by atomic mass is 9.95. The van der Waals surface area contributed by atoms with Gasteiger partial charge in [0.25, 0.3) is 0 Å². The van der Waals surface area contributed by atoms with E-state index in [9.17, 15) is 4.79 Å². The molecule has 2 aromatic heterocycles. The van der Waals surface area contributed by atoms with E-state index in [0.717, 1.165) is 54.6 Å². The van der Waals surface area contributed by atoms with Crippen LogP contribution < -0.4 is 5.32 Å². The summed E-state index contributed by atoms with van der Waals surface area (Å²) >= 11 is 1.44. The first-order valence-electron chi connectivity index (χ1n) is 10.2. The molecule has 8 heteroatoms. The van der Waals surface area contributed by atoms with Gasteiger partial charge in [-0.2, -0.15) is 0 Å². The number of furan rings is 1. The summed E-state index contributed by atoms with van der Waals surface area (Å²) in [6, 6.07) is 2.24. The van der Waals surface area contributed by atoms with E-state index in [-0.39, 0.29) is 12.0 Å². The van der Waals surface area contributed by atoms with Gasteiger partial charge in [-0.3, -0.25) is 9.36 Å². The van der Waals surface area contributed by atoms with Crippen LogP contribution in [0.4, 0.5) is 0 Å². The van der Waals surface area contributed by atoms with Crippen molar-refractivity contribution in [1.82, 2.24) is 20.1 Å². The van der Waals surface area contributed by atoms with Gasteiger partial charge in [0.2, 0.25) is 5.91 Å². The Morgan fingerprint density at radius 2 is 2.11 bits per heavy atom. The van der Waals surface area contributed by atoms with Crippen LogP contribution in [0.2, 0.25) is 0 Å². The van der Waals surface area contributed by atoms with Gasteiger partial charge in [-0.15, -0.1) is 10.2 Å². The smallest absolute Gasteiger partial charge is 0.230 e. The first-order chi connectivity index (χ1) is 13.7. The van der Waals surface area contributed by atoms with Crippen LogP contribution in [0.15, 0.2) is 21.9 Å². The van der Waals surface area contributed by atoms with Crippen molar-refractivity contribution in [3.8, 4) is 11.4 Å². The highest BCUT2D eigenvalue weighted by atomic mass is 32.2. The molecule has 2 fully saturated rings. The maximum absolute atomic E-state index is 12.4. The molecule has 0 radical (unpaired) electrons. The molecule has 0 spiro atoms. The molecule has 152 valence electrons. The zero-order chi connectivity index (χ0) is 19.3. The maximum atomic E-state index is 12.4. The van der Waals surface area contributed by atoms with E-state index < -0.39 is 0 Å². The Morgan fingerprint density at radius 1 is 1.25 bits per heavy atom. The number of hydrogen-bond donors (Lipinski definition) is 1. The first kappa shape index (κ1) is 19.5. The Labute approximate surface area is 169 Å². The predicted molar refractivity (Wildman–Crippen MR) is 107 cm³/mol. The number of amides is 1. The van der Waals surface area contributed by atoms with Gasteiger partial charge in [0.05, 0.1) is 30.2 Å². The zero-order valence-corrected chi connectivity index (χ0v) is 17.2. The zero-order valence-electron chi connectivity index (χ0n) is 16.4. The fourth-order valence-electron chi connectivity index (χ4n) is 4.01. The number of nitrogens with one attached hydrogen (secondary N) is 1. The highest BCUT2D eigenvalue weighted by Gasteiger charge is 2.24. The van der Waals surface area contributed by atoms with Gasteiger partial charge in [0.15, 0.2) is 11.0 Å². The molecule has 1 aliphatic heterocycles. The van der Waals surface area contributed by atoms with Crippen molar-refractivity contribution in [3.63, 3.8) is 0 Å². The lowest BCUT2D eigenvalue weighted by Gasteiger charge is -2.22. The Kier molecular flexibility index (Phi) is 6.36. The van der Waals surface area contributed by atoms with Gasteiger partial charge < -0.3 is 14.5 Å². The normalized spacial score (nSPS) is 20.5. The van der Waals surface area contributed by atoms with Crippen LogP contribution in [0, 0.1) is 6.92 Å². The minimum absolute atomic E-state index is 0.0737. The van der Waals surface area contributed by atoms with Gasteiger partial charge in [-0.25, -0.2) is 0 Å². The van der Waals surface area contributed by atoms with Crippen LogP contribution >= 0.6 is 11.8 Å². The quantitative estimate of drug-likeness (QED) is 0.711. The van der Waals surface area contributed by atoms with Crippen molar-refractivity contribution < 1.29 is 13.9 Å². The van der Waals surface area contributed by atoms with Gasteiger partial charge in [0.1, 0.15) is 5.76 Å². The summed E-state index contributed by atoms with van der Waals surface area (Å²) in [5.41, 5.74) is 0.934. The summed E-state index contributed by atoms with van der Waals surface area (Å²) in [6.07, 6.45) is 9.84. The molecule has 1 aliphatic carbocycles. The molecule has 2 aromatic rings. The first-order valence-corrected chi connectivity index (χ1v) is 11.2. The number of hydrogen-bond acceptors (Lipinski definition) is 6. The van der Waals surface area contributed by atoms with E-state index in [1.165, 1.54) is 31.0 Å². The molecule has 7 nitrogen and oxygen atoms in total. The van der Waals surface area contributed by atoms with Crippen molar-refractivity contribution in [3.05, 3.63) is 18.1 Å². The summed E-state index contributed by atoms with van der Waals surface area (Å²) in [5, 5.41) is 12.7. The third-order valence-electron chi connectivity index (χ3n) is 5.53. The summed E-state index contributed by atoms with van der Waals surface area (Å²) in [5.74, 6) is 2.01. The molecule has 0 aromatic carbocycles. The number of rotatable bonds is 7. The summed E-state index contributed by atoms with van der Waals surface area (Å²) < 4.78 is 13.4. The average Bonchev–Trinajstić information content (AvgIpc) is 3.43. The molecule has 1 atom stereocenters. The van der Waals surface area contributed by atoms with Gasteiger partial charge in [0, 0.05) is 12.6 Å². The Hall–Kier alpha value is -1.80. The average molecular weight is 405 g/mol. The highest BCUT2D eigenvalue weighted by Crippen LogP contribution is 2.29. The molecular formula is C20H28N4O3S. The number of carbonyl (C=O) groups excluding carboxylic acids is 1. The molecule has 1 saturated carbocycles. The summed E-state index contributed by atoms with van der Waals surface area (Å²) in [6.45, 7) is 3.42. The van der Waals surface area contributed by atoms with Gasteiger partial charge in [-0.1, -0.05) is 31.0 Å². The van der Waals surface area contributed by atoms with E-state index in [2.05, 4.69) is 20.1 Å². The van der Waals surface area contributed by atoms with Crippen LogP contribution in [0.5, 0.6) is 0 Å². The molecule has 0 bridgehead atoms. The van der Waals surface area contributed by atoms with Crippen molar-refractivity contribution in [1.29, 1.82) is 0 Å². The number of thioether (sulfide) groups is 1. The van der Waals surface area contributed by atoms with E-state index >= 15 is 0 Å². The topological polar surface area (TPSA) is 82.2 Å². The SMILES string of the molecule is Cc1occc1-c1nnc(SCC(=O)NC2CCCCC2)n1CC1CCCO1. The fourth-order valence-corrected chi connectivity index (χ4v) is 4.77. The van der Waals surface area contributed by atoms with Crippen LogP contribution in [-0.4, -0.2) is 45.2 Å². The van der Waals surface area contributed by atoms with Crippen molar-refractivity contribution in [2.24, 2.45) is 0 Å². The van der Waals surface area contributed by atoms with Crippen LogP contribution in [0.25, 0.3) is 11.4 Å². The number of carbonyl (C=O) groups is 1. The van der Waals surface area contributed by atoms with Crippen molar-refractivity contribution in [2.45, 2.75) is 75.7 Å². The molecule has 1 saturated heterocycles. The molecule has 3 heterocycles. The highest BCUT2D eigenvalue weighted by molar-refractivity contribution is 7.99. The molecule has 1 unspecified atom stereocenters. The standard InChI is InChI=1S/C20H28N4O3S/c1-14-17(9-11-26-14)19-22-23-20(24(19)12-16-8-5-10-27-16)28-13-18(25)21-15-6-3-2-4-7-15/h9,11,15-16H,2-8,10,12-13H2,1H3,(H,21,25). The fraction of sp³-hybridized carbons (Fsp3) is 0.650. The maximum Gasteiger partial charge on any atom is 0.230 e. The van der Waals surface area contributed by atoms with Crippen molar-refractivity contribution >= 4 is 17.7 Å². The van der Waals surface area contributed by atoms with E-state index in [1.807, 2.05) is 13.0 Å². The second-order valence-electron chi connectivity index (χ2n) is 7.63. The van der Waals surface area contributed by atoms with E-state index in [0.29, 0.717) is 18.3 Å². The van der Waals surface area contributed by atoms with Crippen LogP contribution in [0.1, 0.15) is 50.7 Å². The molecular weight excluding hydrogens is 376 g/mol. The van der Waals surface area contributed by atoms with E-state index in [1.54, 1.807) is 6.26 Å². The minimum atomic E-state index is 0.0737. The molecule has 4 rings (SSSR count). The lowest BCUT2D eigenvalue weighted by molar-refractivity contribution is -0.119. The Balaban J connectivity index is 1.45.